The molecule has 0 bridgehead atoms. The van der Waals surface area contributed by atoms with Crippen LogP contribution < -0.4 is 0 Å². The second-order valence-corrected chi connectivity index (χ2v) is 6.47. The van der Waals surface area contributed by atoms with Crippen molar-refractivity contribution in [1.82, 2.24) is 35.3 Å². The molecule has 8 heteroatoms. The Kier molecular flexibility index (Phi) is 3.01. The van der Waals surface area contributed by atoms with Gasteiger partial charge in [-0.15, -0.1) is 0 Å². The topological polar surface area (TPSA) is 112 Å². The summed E-state index contributed by atoms with van der Waals surface area (Å²) >= 11 is 0. The van der Waals surface area contributed by atoms with Gasteiger partial charge in [-0.3, -0.25) is 15.2 Å². The van der Waals surface area contributed by atoms with E-state index in [0.29, 0.717) is 5.82 Å². The highest BCUT2D eigenvalue weighted by Gasteiger charge is 2.16. The average molecular weight is 367 g/mol. The van der Waals surface area contributed by atoms with Crippen LogP contribution in [-0.2, 0) is 0 Å². The molecule has 0 atom stereocenters. The van der Waals surface area contributed by atoms with E-state index >= 15 is 0 Å². The fourth-order valence-corrected chi connectivity index (χ4v) is 3.44. The van der Waals surface area contributed by atoms with Gasteiger partial charge in [0.25, 0.3) is 0 Å². The third-order valence-electron chi connectivity index (χ3n) is 4.81. The van der Waals surface area contributed by atoms with Gasteiger partial charge < -0.3 is 9.40 Å². The van der Waals surface area contributed by atoms with E-state index in [1.54, 1.807) is 24.9 Å². The van der Waals surface area contributed by atoms with Gasteiger partial charge in [-0.05, 0) is 18.2 Å². The number of fused-ring (bicyclic) bond motifs is 2. The Morgan fingerprint density at radius 3 is 2.86 bits per heavy atom. The monoisotopic (exact) mass is 367 g/mol. The van der Waals surface area contributed by atoms with Crippen LogP contribution in [0, 0.1) is 0 Å². The van der Waals surface area contributed by atoms with Gasteiger partial charge in [0, 0.05) is 28.3 Å². The zero-order chi connectivity index (χ0) is 18.5. The van der Waals surface area contributed by atoms with E-state index in [9.17, 15) is 0 Å². The van der Waals surface area contributed by atoms with Crippen molar-refractivity contribution < 1.29 is 4.42 Å². The van der Waals surface area contributed by atoms with Crippen molar-refractivity contribution in [2.75, 3.05) is 0 Å². The van der Waals surface area contributed by atoms with Gasteiger partial charge >= 0.3 is 0 Å². The van der Waals surface area contributed by atoms with E-state index in [-0.39, 0.29) is 0 Å². The summed E-state index contributed by atoms with van der Waals surface area (Å²) in [4.78, 5) is 12.7. The summed E-state index contributed by atoms with van der Waals surface area (Å²) in [6.07, 6.45) is 8.70. The minimum absolute atomic E-state index is 0.696. The first-order chi connectivity index (χ1) is 13.9. The number of H-pyrrole nitrogens is 3. The second kappa shape index (κ2) is 5.65. The number of nitrogens with zero attached hydrogens (tertiary/aromatic N) is 4. The first-order valence-corrected chi connectivity index (χ1v) is 8.72. The molecule has 1 aromatic carbocycles. The molecule has 0 unspecified atom stereocenters. The molecule has 0 saturated carbocycles. The highest BCUT2D eigenvalue weighted by molar-refractivity contribution is 5.97. The SMILES string of the molecule is c1cc(-c2ccoc2)c2nc(-c3n[nH]c4cnc(-c5cn[nH]c5)cc34)[nH]c2c1. The fourth-order valence-electron chi connectivity index (χ4n) is 3.44. The molecule has 5 aromatic heterocycles. The highest BCUT2D eigenvalue weighted by atomic mass is 16.3. The predicted octanol–water partition coefficient (Wildman–Crippen LogP) is 4.15. The molecule has 134 valence electrons. The molecule has 0 aliphatic rings. The summed E-state index contributed by atoms with van der Waals surface area (Å²) in [5.41, 5.74) is 7.14. The maximum atomic E-state index is 5.23. The molecule has 8 nitrogen and oxygen atoms in total. The van der Waals surface area contributed by atoms with Crippen molar-refractivity contribution in [3.8, 4) is 33.9 Å². The van der Waals surface area contributed by atoms with E-state index in [1.807, 2.05) is 36.5 Å². The zero-order valence-corrected chi connectivity index (χ0v) is 14.5. The van der Waals surface area contributed by atoms with Crippen molar-refractivity contribution in [2.24, 2.45) is 0 Å². The fraction of sp³-hybridized carbons (Fsp3) is 0. The number of pyridine rings is 1. The molecular formula is C20H13N7O. The summed E-state index contributed by atoms with van der Waals surface area (Å²) in [5, 5.41) is 15.3. The molecule has 6 rings (SSSR count). The second-order valence-electron chi connectivity index (χ2n) is 6.47. The molecule has 6 aromatic rings. The number of aromatic nitrogens is 7. The van der Waals surface area contributed by atoms with E-state index in [4.69, 9.17) is 9.40 Å². The van der Waals surface area contributed by atoms with E-state index in [1.165, 1.54) is 0 Å². The molecule has 0 radical (unpaired) electrons. The van der Waals surface area contributed by atoms with Gasteiger partial charge in [-0.1, -0.05) is 12.1 Å². The van der Waals surface area contributed by atoms with Crippen LogP contribution in [0.15, 0.2) is 65.9 Å². The summed E-state index contributed by atoms with van der Waals surface area (Å²) in [5.74, 6) is 0.696. The van der Waals surface area contributed by atoms with Crippen LogP contribution in [0.25, 0.3) is 55.8 Å². The minimum Gasteiger partial charge on any atom is -0.472 e. The quantitative estimate of drug-likeness (QED) is 0.435. The number of furan rings is 1. The number of para-hydroxylation sites is 1. The molecule has 0 aliphatic carbocycles. The Balaban J connectivity index is 1.55. The predicted molar refractivity (Wildman–Crippen MR) is 104 cm³/mol. The number of hydrogen-bond acceptors (Lipinski definition) is 5. The van der Waals surface area contributed by atoms with Gasteiger partial charge in [0.2, 0.25) is 0 Å². The van der Waals surface area contributed by atoms with Gasteiger partial charge in [0.05, 0.1) is 47.2 Å². The van der Waals surface area contributed by atoms with Gasteiger partial charge in [-0.25, -0.2) is 4.98 Å². The van der Waals surface area contributed by atoms with Crippen LogP contribution in [0.5, 0.6) is 0 Å². The van der Waals surface area contributed by atoms with Crippen molar-refractivity contribution >= 4 is 21.9 Å². The first kappa shape index (κ1) is 14.9. The molecule has 0 fully saturated rings. The number of nitrogens with one attached hydrogen (secondary N) is 3. The lowest BCUT2D eigenvalue weighted by Gasteiger charge is -1.97. The van der Waals surface area contributed by atoms with Crippen molar-refractivity contribution in [3.63, 3.8) is 0 Å². The van der Waals surface area contributed by atoms with Gasteiger partial charge in [0.1, 0.15) is 5.69 Å². The molecule has 0 amide bonds. The zero-order valence-electron chi connectivity index (χ0n) is 14.5. The van der Waals surface area contributed by atoms with Crippen LogP contribution in [0.1, 0.15) is 0 Å². The smallest absolute Gasteiger partial charge is 0.159 e. The number of imidazole rings is 1. The van der Waals surface area contributed by atoms with Crippen molar-refractivity contribution in [2.45, 2.75) is 0 Å². The number of rotatable bonds is 3. The maximum absolute atomic E-state index is 5.23. The molecule has 28 heavy (non-hydrogen) atoms. The number of aromatic amines is 3. The van der Waals surface area contributed by atoms with Crippen molar-refractivity contribution in [3.05, 3.63) is 61.4 Å². The lowest BCUT2D eigenvalue weighted by Crippen LogP contribution is -1.84. The van der Waals surface area contributed by atoms with Crippen LogP contribution in [0.4, 0.5) is 0 Å². The largest absolute Gasteiger partial charge is 0.472 e. The Morgan fingerprint density at radius 2 is 2.00 bits per heavy atom. The lowest BCUT2D eigenvalue weighted by atomic mass is 10.1. The molecule has 5 heterocycles. The van der Waals surface area contributed by atoms with Crippen LogP contribution in [0.2, 0.25) is 0 Å². The summed E-state index contributed by atoms with van der Waals surface area (Å²) < 4.78 is 5.23. The Hall–Kier alpha value is -4.20. The maximum Gasteiger partial charge on any atom is 0.159 e. The molecule has 0 spiro atoms. The molecular weight excluding hydrogens is 354 g/mol. The molecule has 0 saturated heterocycles. The van der Waals surface area contributed by atoms with Crippen LogP contribution in [-0.4, -0.2) is 35.3 Å². The third kappa shape index (κ3) is 2.18. The normalized spacial score (nSPS) is 11.6. The standard InChI is InChI=1S/C20H13N7O/c1-2-13(11-4-5-28-10-11)18-15(3-1)24-20(25-18)19-14-6-16(12-7-22-23-8-12)21-9-17(14)26-27-19/h1-10H,(H,22,23)(H,24,25)(H,26,27). The Morgan fingerprint density at radius 1 is 1.00 bits per heavy atom. The van der Waals surface area contributed by atoms with Crippen LogP contribution >= 0.6 is 0 Å². The van der Waals surface area contributed by atoms with Gasteiger partial charge in [0.15, 0.2) is 5.82 Å². The van der Waals surface area contributed by atoms with Gasteiger partial charge in [-0.2, -0.15) is 10.2 Å². The third-order valence-corrected chi connectivity index (χ3v) is 4.81. The Labute approximate surface area is 157 Å². The summed E-state index contributed by atoms with van der Waals surface area (Å²) in [6.45, 7) is 0. The molecule has 0 aliphatic heterocycles. The lowest BCUT2D eigenvalue weighted by molar-refractivity contribution is 0.568. The summed E-state index contributed by atoms with van der Waals surface area (Å²) in [7, 11) is 0. The highest BCUT2D eigenvalue weighted by Crippen LogP contribution is 2.32. The number of hydrogen-bond donors (Lipinski definition) is 3. The first-order valence-electron chi connectivity index (χ1n) is 8.72. The summed E-state index contributed by atoms with van der Waals surface area (Å²) in [6, 6.07) is 9.94. The minimum atomic E-state index is 0.696. The van der Waals surface area contributed by atoms with Crippen molar-refractivity contribution in [1.29, 1.82) is 0 Å². The Bertz CT molecular complexity index is 1410. The van der Waals surface area contributed by atoms with E-state index in [0.717, 1.165) is 50.0 Å². The van der Waals surface area contributed by atoms with E-state index in [2.05, 4.69) is 30.4 Å². The molecule has 3 N–H and O–H groups in total. The average Bonchev–Trinajstić information content (AvgIpc) is 3.53. The van der Waals surface area contributed by atoms with Crippen LogP contribution in [0.3, 0.4) is 0 Å². The number of benzene rings is 1. The van der Waals surface area contributed by atoms with E-state index < -0.39 is 0 Å².